The highest BCUT2D eigenvalue weighted by molar-refractivity contribution is 6.34. The van der Waals surface area contributed by atoms with E-state index in [2.05, 4.69) is 10.6 Å². The van der Waals surface area contributed by atoms with E-state index in [1.165, 1.54) is 12.1 Å². The van der Waals surface area contributed by atoms with Gasteiger partial charge in [-0.15, -0.1) is 0 Å². The van der Waals surface area contributed by atoms with Gasteiger partial charge in [-0.3, -0.25) is 24.6 Å². The number of hydrogen-bond donors (Lipinski definition) is 2. The number of hydrogen-bond acceptors (Lipinski definition) is 5. The Morgan fingerprint density at radius 3 is 2.74 bits per heavy atom. The lowest BCUT2D eigenvalue weighted by molar-refractivity contribution is -0.384. The fourth-order valence-corrected chi connectivity index (χ4v) is 2.28. The van der Waals surface area contributed by atoms with Crippen LogP contribution in [-0.4, -0.2) is 47.3 Å². The Morgan fingerprint density at radius 2 is 2.17 bits per heavy atom. The first-order valence-corrected chi connectivity index (χ1v) is 7.08. The van der Waals surface area contributed by atoms with Gasteiger partial charge in [-0.05, 0) is 12.5 Å². The number of amides is 4. The number of nitro benzene ring substituents is 1. The largest absolute Gasteiger partial charge is 0.352 e. The van der Waals surface area contributed by atoms with Crippen molar-refractivity contribution in [2.24, 2.45) is 0 Å². The third kappa shape index (κ3) is 3.95. The summed E-state index contributed by atoms with van der Waals surface area (Å²) in [6.45, 7) is 0.408. The van der Waals surface area contributed by atoms with E-state index in [-0.39, 0.29) is 41.8 Å². The monoisotopic (exact) mass is 340 g/mol. The zero-order valence-electron chi connectivity index (χ0n) is 11.9. The lowest BCUT2D eigenvalue weighted by Crippen LogP contribution is -2.34. The Morgan fingerprint density at radius 1 is 1.43 bits per heavy atom. The molecule has 9 nitrogen and oxygen atoms in total. The molecule has 1 aliphatic heterocycles. The third-order valence-electron chi connectivity index (χ3n) is 3.19. The second-order valence-electron chi connectivity index (χ2n) is 4.73. The molecule has 2 rings (SSSR count). The first-order chi connectivity index (χ1) is 10.9. The van der Waals surface area contributed by atoms with E-state index in [0.29, 0.717) is 6.42 Å². The van der Waals surface area contributed by atoms with Crippen molar-refractivity contribution in [3.8, 4) is 0 Å². The van der Waals surface area contributed by atoms with Gasteiger partial charge in [0.15, 0.2) is 0 Å². The summed E-state index contributed by atoms with van der Waals surface area (Å²) in [5, 5.41) is 15.6. The minimum absolute atomic E-state index is 0.0103. The first-order valence-electron chi connectivity index (χ1n) is 6.70. The van der Waals surface area contributed by atoms with Gasteiger partial charge < -0.3 is 10.6 Å². The number of carbonyl (C=O) groups excluding carboxylic acids is 3. The molecule has 0 radical (unpaired) electrons. The zero-order valence-corrected chi connectivity index (χ0v) is 12.6. The summed E-state index contributed by atoms with van der Waals surface area (Å²) in [4.78, 5) is 45.7. The molecule has 1 aromatic rings. The molecule has 122 valence electrons. The van der Waals surface area contributed by atoms with Crippen LogP contribution < -0.4 is 10.6 Å². The van der Waals surface area contributed by atoms with Gasteiger partial charge >= 0.3 is 6.03 Å². The minimum Gasteiger partial charge on any atom is -0.352 e. The van der Waals surface area contributed by atoms with Crippen molar-refractivity contribution in [2.45, 2.75) is 6.42 Å². The van der Waals surface area contributed by atoms with E-state index >= 15 is 0 Å². The summed E-state index contributed by atoms with van der Waals surface area (Å²) < 4.78 is 0. The van der Waals surface area contributed by atoms with Crippen LogP contribution in [0.3, 0.4) is 0 Å². The topological polar surface area (TPSA) is 122 Å². The highest BCUT2D eigenvalue weighted by Gasteiger charge is 2.27. The van der Waals surface area contributed by atoms with Gasteiger partial charge in [-0.25, -0.2) is 4.79 Å². The van der Waals surface area contributed by atoms with Crippen LogP contribution in [0.5, 0.6) is 0 Å². The fraction of sp³-hybridized carbons (Fsp3) is 0.308. The fourth-order valence-electron chi connectivity index (χ4n) is 2.02. The van der Waals surface area contributed by atoms with E-state index in [0.717, 1.165) is 11.0 Å². The van der Waals surface area contributed by atoms with E-state index in [1.54, 1.807) is 0 Å². The molecular formula is C13H13ClN4O5. The van der Waals surface area contributed by atoms with Crippen molar-refractivity contribution in [1.82, 2.24) is 15.5 Å². The van der Waals surface area contributed by atoms with Gasteiger partial charge in [-0.1, -0.05) is 11.6 Å². The SMILES string of the molecule is O=C(NCCCN1C(=O)CNC1=O)c1ccc([N+](=O)[O-])cc1Cl. The van der Waals surface area contributed by atoms with Crippen molar-refractivity contribution in [3.05, 3.63) is 38.9 Å². The number of nitro groups is 1. The molecule has 0 spiro atoms. The third-order valence-corrected chi connectivity index (χ3v) is 3.50. The number of urea groups is 1. The minimum atomic E-state index is -0.605. The van der Waals surface area contributed by atoms with Crippen LogP contribution >= 0.6 is 11.6 Å². The second-order valence-corrected chi connectivity index (χ2v) is 5.14. The molecule has 0 aliphatic carbocycles. The first kappa shape index (κ1) is 16.7. The average Bonchev–Trinajstić information content (AvgIpc) is 2.82. The Labute approximate surface area is 135 Å². The molecule has 10 heteroatoms. The van der Waals surface area contributed by atoms with Crippen LogP contribution in [0.4, 0.5) is 10.5 Å². The number of rotatable bonds is 6. The molecule has 1 heterocycles. The number of benzene rings is 1. The average molecular weight is 341 g/mol. The molecule has 0 unspecified atom stereocenters. The van der Waals surface area contributed by atoms with Crippen LogP contribution in [0.15, 0.2) is 18.2 Å². The maximum Gasteiger partial charge on any atom is 0.324 e. The predicted molar refractivity (Wildman–Crippen MR) is 80.2 cm³/mol. The number of non-ortho nitro benzene ring substituents is 1. The van der Waals surface area contributed by atoms with Crippen molar-refractivity contribution in [2.75, 3.05) is 19.6 Å². The number of halogens is 1. The van der Waals surface area contributed by atoms with Crippen LogP contribution in [0, 0.1) is 10.1 Å². The molecule has 2 N–H and O–H groups in total. The molecular weight excluding hydrogens is 328 g/mol. The summed E-state index contributed by atoms with van der Waals surface area (Å²) in [5.41, 5.74) is -0.0858. The van der Waals surface area contributed by atoms with Gasteiger partial charge in [0.2, 0.25) is 5.91 Å². The van der Waals surface area contributed by atoms with Crippen LogP contribution in [0.2, 0.25) is 5.02 Å². The summed E-state index contributed by atoms with van der Waals surface area (Å²) in [7, 11) is 0. The van der Waals surface area contributed by atoms with Crippen LogP contribution in [0.1, 0.15) is 16.8 Å². The lowest BCUT2D eigenvalue weighted by Gasteiger charge is -2.12. The Hall–Kier alpha value is -2.68. The number of nitrogens with zero attached hydrogens (tertiary/aromatic N) is 2. The lowest BCUT2D eigenvalue weighted by atomic mass is 10.2. The molecule has 1 aromatic carbocycles. The quantitative estimate of drug-likeness (QED) is 0.345. The summed E-state index contributed by atoms with van der Waals surface area (Å²) in [6.07, 6.45) is 0.384. The maximum absolute atomic E-state index is 11.9. The van der Waals surface area contributed by atoms with E-state index in [4.69, 9.17) is 11.6 Å². The highest BCUT2D eigenvalue weighted by atomic mass is 35.5. The molecule has 1 aliphatic rings. The van der Waals surface area contributed by atoms with Crippen molar-refractivity contribution in [3.63, 3.8) is 0 Å². The van der Waals surface area contributed by atoms with Gasteiger partial charge in [-0.2, -0.15) is 0 Å². The predicted octanol–water partition coefficient (Wildman–Crippen LogP) is 0.920. The number of nitrogens with one attached hydrogen (secondary N) is 2. The molecule has 0 saturated carbocycles. The molecule has 1 saturated heterocycles. The molecule has 4 amide bonds. The van der Waals surface area contributed by atoms with Gasteiger partial charge in [0.05, 0.1) is 22.1 Å². The van der Waals surface area contributed by atoms with Gasteiger partial charge in [0, 0.05) is 25.2 Å². The summed E-state index contributed by atoms with van der Waals surface area (Å²) in [6, 6.07) is 3.12. The standard InChI is InChI=1S/C13H13ClN4O5/c14-10-6-8(18(22)23)2-3-9(10)12(20)15-4-1-5-17-11(19)7-16-13(17)21/h2-3,6H,1,4-5,7H2,(H,15,20)(H,16,21). The van der Waals surface area contributed by atoms with Gasteiger partial charge in [0.25, 0.3) is 11.6 Å². The molecule has 0 bridgehead atoms. The number of imide groups is 1. The van der Waals surface area contributed by atoms with E-state index < -0.39 is 16.9 Å². The summed E-state index contributed by atoms with van der Waals surface area (Å²) in [5.74, 6) is -0.790. The zero-order chi connectivity index (χ0) is 17.0. The normalized spacial score (nSPS) is 13.9. The van der Waals surface area contributed by atoms with Gasteiger partial charge in [0.1, 0.15) is 0 Å². The maximum atomic E-state index is 11.9. The summed E-state index contributed by atoms with van der Waals surface area (Å²) >= 11 is 5.85. The van der Waals surface area contributed by atoms with E-state index in [1.807, 2.05) is 0 Å². The molecule has 1 fully saturated rings. The Balaban J connectivity index is 1.84. The van der Waals surface area contributed by atoms with Crippen molar-refractivity contribution < 1.29 is 19.3 Å². The Bertz CT molecular complexity index is 662. The molecule has 0 atom stereocenters. The molecule has 23 heavy (non-hydrogen) atoms. The Kier molecular flexibility index (Phi) is 5.12. The van der Waals surface area contributed by atoms with Crippen molar-refractivity contribution in [1.29, 1.82) is 0 Å². The highest BCUT2D eigenvalue weighted by Crippen LogP contribution is 2.22. The number of carbonyl (C=O) groups is 3. The van der Waals surface area contributed by atoms with Crippen molar-refractivity contribution >= 4 is 35.1 Å². The molecule has 0 aromatic heterocycles. The second kappa shape index (κ2) is 7.05. The van der Waals surface area contributed by atoms with E-state index in [9.17, 15) is 24.5 Å². The van der Waals surface area contributed by atoms with Crippen LogP contribution in [0.25, 0.3) is 0 Å². The smallest absolute Gasteiger partial charge is 0.324 e. The van der Waals surface area contributed by atoms with Crippen LogP contribution in [-0.2, 0) is 4.79 Å².